The number of nitrogens with two attached hydrogens (primary N) is 1. The third kappa shape index (κ3) is 5.57. The third-order valence-corrected chi connectivity index (χ3v) is 2.40. The maximum atomic E-state index is 12.8. The monoisotopic (exact) mass is 291 g/mol. The van der Waals surface area contributed by atoms with Crippen molar-refractivity contribution in [2.45, 2.75) is 25.1 Å². The second-order valence-electron chi connectivity index (χ2n) is 3.43. The zero-order valence-corrected chi connectivity index (χ0v) is 10.2. The van der Waals surface area contributed by atoms with Gasteiger partial charge in [-0.05, 0) is 24.1 Å². The van der Waals surface area contributed by atoms with E-state index in [1.807, 2.05) is 0 Å². The molecule has 7 heteroatoms. The zero-order valence-electron chi connectivity index (χ0n) is 8.60. The molecular weight excluding hydrogens is 281 g/mol. The largest absolute Gasteiger partial charge is 0.389 e. The quantitative estimate of drug-likeness (QED) is 0.828. The molecule has 0 aromatic heterocycles. The van der Waals surface area contributed by atoms with E-state index in [0.717, 1.165) is 6.07 Å². The van der Waals surface area contributed by atoms with E-state index >= 15 is 0 Å². The van der Waals surface area contributed by atoms with E-state index in [0.29, 0.717) is 5.56 Å². The Morgan fingerprint density at radius 2 is 1.88 bits per heavy atom. The minimum atomic E-state index is -4.23. The first-order valence-electron chi connectivity index (χ1n) is 4.57. The lowest BCUT2D eigenvalue weighted by Crippen LogP contribution is -2.15. The molecule has 1 aromatic rings. The number of hydrogen-bond donors (Lipinski definition) is 1. The highest BCUT2D eigenvalue weighted by atomic mass is 35.5. The van der Waals surface area contributed by atoms with Gasteiger partial charge in [-0.2, -0.15) is 13.2 Å². The van der Waals surface area contributed by atoms with Crippen LogP contribution in [0.4, 0.5) is 17.6 Å². The van der Waals surface area contributed by atoms with Crippen molar-refractivity contribution in [3.8, 4) is 0 Å². The molecule has 1 atom stereocenters. The SMILES string of the molecule is Cl.N[C@H](CCC(F)(F)F)c1ccc(F)c(Cl)c1. The molecule has 17 heavy (non-hydrogen) atoms. The van der Waals surface area contributed by atoms with Crippen LogP contribution in [0.5, 0.6) is 0 Å². The summed E-state index contributed by atoms with van der Waals surface area (Å²) in [6.07, 6.45) is -5.45. The Morgan fingerprint density at radius 3 is 2.35 bits per heavy atom. The van der Waals surface area contributed by atoms with Crippen LogP contribution < -0.4 is 5.73 Å². The Morgan fingerprint density at radius 1 is 1.29 bits per heavy atom. The molecule has 0 unspecified atom stereocenters. The van der Waals surface area contributed by atoms with Gasteiger partial charge in [0.1, 0.15) is 5.82 Å². The number of hydrogen-bond acceptors (Lipinski definition) is 1. The number of alkyl halides is 3. The van der Waals surface area contributed by atoms with Gasteiger partial charge in [0.2, 0.25) is 0 Å². The molecule has 0 fully saturated rings. The molecule has 1 aromatic carbocycles. The van der Waals surface area contributed by atoms with Gasteiger partial charge < -0.3 is 5.73 Å². The molecule has 0 aliphatic carbocycles. The summed E-state index contributed by atoms with van der Waals surface area (Å²) in [7, 11) is 0. The van der Waals surface area contributed by atoms with E-state index < -0.39 is 24.5 Å². The molecule has 0 spiro atoms. The molecule has 0 radical (unpaired) electrons. The maximum Gasteiger partial charge on any atom is 0.389 e. The van der Waals surface area contributed by atoms with Gasteiger partial charge in [0.15, 0.2) is 0 Å². The Kier molecular flexibility index (Phi) is 6.23. The molecule has 0 aliphatic heterocycles. The third-order valence-electron chi connectivity index (χ3n) is 2.11. The molecule has 1 rings (SSSR count). The van der Waals surface area contributed by atoms with Crippen LogP contribution in [0.3, 0.4) is 0 Å². The Bertz CT molecular complexity index is 368. The highest BCUT2D eigenvalue weighted by Crippen LogP contribution is 2.27. The number of halogens is 6. The van der Waals surface area contributed by atoms with Crippen LogP contribution in [0, 0.1) is 5.82 Å². The van der Waals surface area contributed by atoms with Crippen LogP contribution >= 0.6 is 24.0 Å². The van der Waals surface area contributed by atoms with Crippen LogP contribution in [0.15, 0.2) is 18.2 Å². The lowest BCUT2D eigenvalue weighted by atomic mass is 10.0. The Balaban J connectivity index is 0.00000256. The van der Waals surface area contributed by atoms with Crippen LogP contribution in [0.25, 0.3) is 0 Å². The Hall–Kier alpha value is -0.520. The van der Waals surface area contributed by atoms with Crippen molar-refractivity contribution < 1.29 is 17.6 Å². The van der Waals surface area contributed by atoms with Crippen LogP contribution in [-0.4, -0.2) is 6.18 Å². The van der Waals surface area contributed by atoms with E-state index in [-0.39, 0.29) is 23.9 Å². The van der Waals surface area contributed by atoms with Gasteiger partial charge in [-0.3, -0.25) is 0 Å². The van der Waals surface area contributed by atoms with Crippen molar-refractivity contribution in [1.29, 1.82) is 0 Å². The van der Waals surface area contributed by atoms with Gasteiger partial charge >= 0.3 is 6.18 Å². The summed E-state index contributed by atoms with van der Waals surface area (Å²) in [5.41, 5.74) is 5.94. The van der Waals surface area contributed by atoms with Crippen molar-refractivity contribution in [3.05, 3.63) is 34.6 Å². The predicted molar refractivity (Wildman–Crippen MR) is 60.9 cm³/mol. The average molecular weight is 292 g/mol. The summed E-state index contributed by atoms with van der Waals surface area (Å²) in [4.78, 5) is 0. The zero-order chi connectivity index (χ0) is 12.3. The minimum absolute atomic E-state index is 0. The molecule has 98 valence electrons. The molecule has 0 saturated heterocycles. The molecule has 2 N–H and O–H groups in total. The molecule has 1 nitrogen and oxygen atoms in total. The first kappa shape index (κ1) is 16.5. The fraction of sp³-hybridized carbons (Fsp3) is 0.400. The van der Waals surface area contributed by atoms with E-state index in [1.54, 1.807) is 0 Å². The summed E-state index contributed by atoms with van der Waals surface area (Å²) < 4.78 is 48.6. The van der Waals surface area contributed by atoms with E-state index in [4.69, 9.17) is 17.3 Å². The molecule has 0 saturated carbocycles. The second kappa shape index (κ2) is 6.42. The topological polar surface area (TPSA) is 26.0 Å². The van der Waals surface area contributed by atoms with E-state index in [1.165, 1.54) is 12.1 Å². The van der Waals surface area contributed by atoms with Crippen molar-refractivity contribution in [3.63, 3.8) is 0 Å². The normalized spacial score (nSPS) is 13.1. The first-order valence-corrected chi connectivity index (χ1v) is 4.94. The summed E-state index contributed by atoms with van der Waals surface area (Å²) in [6.45, 7) is 0. The van der Waals surface area contributed by atoms with Crippen molar-refractivity contribution in [1.82, 2.24) is 0 Å². The smallest absolute Gasteiger partial charge is 0.324 e. The van der Waals surface area contributed by atoms with Gasteiger partial charge in [0.05, 0.1) is 5.02 Å². The van der Waals surface area contributed by atoms with Crippen molar-refractivity contribution >= 4 is 24.0 Å². The summed E-state index contributed by atoms with van der Waals surface area (Å²) >= 11 is 5.50. The highest BCUT2D eigenvalue weighted by Gasteiger charge is 2.27. The highest BCUT2D eigenvalue weighted by molar-refractivity contribution is 6.30. The minimum Gasteiger partial charge on any atom is -0.324 e. The standard InChI is InChI=1S/C10H10ClF4N.ClH/c11-7-5-6(1-2-8(7)12)9(16)3-4-10(13,14)15;/h1-2,5,9H,3-4,16H2;1H/t9-;/m1./s1. The summed E-state index contributed by atoms with van der Waals surface area (Å²) in [5, 5.41) is -0.139. The maximum absolute atomic E-state index is 12.8. The molecule has 0 bridgehead atoms. The summed E-state index contributed by atoms with van der Waals surface area (Å²) in [6, 6.07) is 2.88. The lowest BCUT2D eigenvalue weighted by molar-refractivity contribution is -0.136. The fourth-order valence-electron chi connectivity index (χ4n) is 1.23. The lowest BCUT2D eigenvalue weighted by Gasteiger charge is -2.13. The summed E-state index contributed by atoms with van der Waals surface area (Å²) in [5.74, 6) is -0.617. The van der Waals surface area contributed by atoms with Gasteiger partial charge in [0.25, 0.3) is 0 Å². The second-order valence-corrected chi connectivity index (χ2v) is 3.84. The Labute approximate surface area is 107 Å². The molecule has 0 heterocycles. The van der Waals surface area contributed by atoms with Crippen LogP contribution in [-0.2, 0) is 0 Å². The van der Waals surface area contributed by atoms with Crippen molar-refractivity contribution in [2.75, 3.05) is 0 Å². The van der Waals surface area contributed by atoms with Gasteiger partial charge in [-0.1, -0.05) is 17.7 Å². The molecular formula is C10H11Cl2F4N. The van der Waals surface area contributed by atoms with Gasteiger partial charge in [-0.15, -0.1) is 12.4 Å². The predicted octanol–water partition coefficient (Wildman–Crippen LogP) is 4.24. The van der Waals surface area contributed by atoms with Crippen LogP contribution in [0.1, 0.15) is 24.4 Å². The van der Waals surface area contributed by atoms with Gasteiger partial charge in [-0.25, -0.2) is 4.39 Å². The first-order chi connectivity index (χ1) is 7.29. The van der Waals surface area contributed by atoms with Gasteiger partial charge in [0, 0.05) is 12.5 Å². The van der Waals surface area contributed by atoms with Crippen LogP contribution in [0.2, 0.25) is 5.02 Å². The van der Waals surface area contributed by atoms with Crippen molar-refractivity contribution in [2.24, 2.45) is 5.73 Å². The molecule has 0 aliphatic rings. The molecule has 0 amide bonds. The number of benzene rings is 1. The average Bonchev–Trinajstić information content (AvgIpc) is 2.17. The van der Waals surface area contributed by atoms with E-state index in [9.17, 15) is 17.6 Å². The number of rotatable bonds is 3. The van der Waals surface area contributed by atoms with E-state index in [2.05, 4.69) is 0 Å². The fourth-order valence-corrected chi connectivity index (χ4v) is 1.42.